The molecule has 29 heavy (non-hydrogen) atoms. The number of ether oxygens (including phenoxy) is 2. The van der Waals surface area contributed by atoms with Gasteiger partial charge in [-0.25, -0.2) is 4.39 Å². The topological polar surface area (TPSA) is 72.9 Å². The lowest BCUT2D eigenvalue weighted by molar-refractivity contribution is -0.147. The zero-order valence-corrected chi connectivity index (χ0v) is 16.3. The van der Waals surface area contributed by atoms with Crippen molar-refractivity contribution >= 4 is 17.7 Å². The van der Waals surface area contributed by atoms with Crippen molar-refractivity contribution in [3.63, 3.8) is 0 Å². The number of carbonyl (C=O) groups is 3. The average Bonchev–Trinajstić information content (AvgIpc) is 3.13. The van der Waals surface area contributed by atoms with Crippen LogP contribution < -0.4 is 4.74 Å². The van der Waals surface area contributed by atoms with E-state index in [1.165, 1.54) is 19.2 Å². The molecule has 0 aliphatic carbocycles. The first-order valence-electron chi connectivity index (χ1n) is 9.28. The fourth-order valence-electron chi connectivity index (χ4n) is 3.35. The first kappa shape index (κ1) is 20.5. The van der Waals surface area contributed by atoms with Crippen LogP contribution in [0.5, 0.6) is 5.75 Å². The zero-order valence-electron chi connectivity index (χ0n) is 16.3. The Kier molecular flexibility index (Phi) is 6.26. The fourth-order valence-corrected chi connectivity index (χ4v) is 3.35. The van der Waals surface area contributed by atoms with Gasteiger partial charge in [0.2, 0.25) is 5.91 Å². The third-order valence-corrected chi connectivity index (χ3v) is 5.06. The highest BCUT2D eigenvalue weighted by Gasteiger charge is 2.38. The molecule has 152 valence electrons. The summed E-state index contributed by atoms with van der Waals surface area (Å²) in [5, 5.41) is 0. The lowest BCUT2D eigenvalue weighted by Crippen LogP contribution is -2.30. The summed E-state index contributed by atoms with van der Waals surface area (Å²) < 4.78 is 23.6. The summed E-state index contributed by atoms with van der Waals surface area (Å²) in [6.45, 7) is 1.63. The van der Waals surface area contributed by atoms with Gasteiger partial charge in [-0.05, 0) is 30.7 Å². The first-order chi connectivity index (χ1) is 13.9. The number of hydrogen-bond acceptors (Lipinski definition) is 5. The molecule has 7 heteroatoms. The number of methoxy groups -OCH3 is 1. The van der Waals surface area contributed by atoms with Gasteiger partial charge >= 0.3 is 5.97 Å². The number of hydrogen-bond donors (Lipinski definition) is 0. The average molecular weight is 399 g/mol. The summed E-state index contributed by atoms with van der Waals surface area (Å²) >= 11 is 0. The molecule has 6 nitrogen and oxygen atoms in total. The van der Waals surface area contributed by atoms with E-state index in [0.717, 1.165) is 11.6 Å². The molecule has 0 N–H and O–H groups in total. The second kappa shape index (κ2) is 8.86. The monoisotopic (exact) mass is 399 g/mol. The van der Waals surface area contributed by atoms with Crippen LogP contribution in [0.2, 0.25) is 0 Å². The van der Waals surface area contributed by atoms with Gasteiger partial charge in [0.05, 0.1) is 19.1 Å². The molecular weight excluding hydrogens is 377 g/mol. The molecule has 1 aliphatic rings. The summed E-state index contributed by atoms with van der Waals surface area (Å²) in [5.74, 6) is -2.55. The summed E-state index contributed by atoms with van der Waals surface area (Å²) in [4.78, 5) is 38.5. The Morgan fingerprint density at radius 2 is 1.93 bits per heavy atom. The lowest BCUT2D eigenvalue weighted by atomic mass is 10.1. The quantitative estimate of drug-likeness (QED) is 0.528. The molecule has 2 atom stereocenters. The molecule has 1 heterocycles. The highest BCUT2D eigenvalue weighted by Crippen LogP contribution is 2.29. The van der Waals surface area contributed by atoms with E-state index >= 15 is 0 Å². The predicted octanol–water partition coefficient (Wildman–Crippen LogP) is 3.17. The smallest absolute Gasteiger partial charge is 0.311 e. The summed E-state index contributed by atoms with van der Waals surface area (Å²) in [7, 11) is 1.33. The molecule has 1 saturated heterocycles. The highest BCUT2D eigenvalue weighted by atomic mass is 19.1. The van der Waals surface area contributed by atoms with Gasteiger partial charge in [0.25, 0.3) is 0 Å². The summed E-state index contributed by atoms with van der Waals surface area (Å²) in [5.41, 5.74) is 1.06. The Bertz CT molecular complexity index is 915. The van der Waals surface area contributed by atoms with Gasteiger partial charge in [0.1, 0.15) is 0 Å². The van der Waals surface area contributed by atoms with Crippen molar-refractivity contribution in [2.24, 2.45) is 5.92 Å². The Labute approximate surface area is 168 Å². The number of esters is 1. The number of Topliss-reactive ketones (excluding diaryl/α,β-unsaturated/α-hetero) is 1. The highest BCUT2D eigenvalue weighted by molar-refractivity contribution is 5.98. The molecule has 3 rings (SSSR count). The van der Waals surface area contributed by atoms with Crippen LogP contribution in [-0.4, -0.2) is 42.8 Å². The van der Waals surface area contributed by atoms with Crippen LogP contribution in [0.25, 0.3) is 0 Å². The van der Waals surface area contributed by atoms with Crippen molar-refractivity contribution in [3.05, 3.63) is 65.5 Å². The molecule has 1 amide bonds. The van der Waals surface area contributed by atoms with Crippen molar-refractivity contribution < 1.29 is 28.2 Å². The van der Waals surface area contributed by atoms with Crippen molar-refractivity contribution in [1.29, 1.82) is 0 Å². The number of likely N-dealkylation sites (tertiary alicyclic amines) is 1. The van der Waals surface area contributed by atoms with E-state index in [1.807, 2.05) is 37.3 Å². The van der Waals surface area contributed by atoms with Crippen LogP contribution in [0.15, 0.2) is 48.5 Å². The van der Waals surface area contributed by atoms with Gasteiger partial charge in [-0.15, -0.1) is 0 Å². The number of nitrogens with zero attached hydrogens (tertiary/aromatic N) is 1. The second-order valence-electron chi connectivity index (χ2n) is 6.91. The molecule has 2 aromatic rings. The van der Waals surface area contributed by atoms with Crippen LogP contribution in [0.1, 0.15) is 35.3 Å². The molecule has 0 bridgehead atoms. The van der Waals surface area contributed by atoms with E-state index in [0.29, 0.717) is 0 Å². The zero-order chi connectivity index (χ0) is 21.0. The van der Waals surface area contributed by atoms with Gasteiger partial charge in [-0.2, -0.15) is 0 Å². The maximum atomic E-state index is 13.7. The van der Waals surface area contributed by atoms with E-state index in [1.54, 1.807) is 4.90 Å². The van der Waals surface area contributed by atoms with Crippen molar-refractivity contribution in [1.82, 2.24) is 4.90 Å². The number of amides is 1. The fraction of sp³-hybridized carbons (Fsp3) is 0.318. The van der Waals surface area contributed by atoms with Crippen molar-refractivity contribution in [2.75, 3.05) is 20.3 Å². The van der Waals surface area contributed by atoms with Gasteiger partial charge < -0.3 is 14.4 Å². The molecule has 0 aromatic heterocycles. The molecule has 1 fully saturated rings. The first-order valence-corrected chi connectivity index (χ1v) is 9.28. The number of benzene rings is 2. The van der Waals surface area contributed by atoms with Crippen LogP contribution >= 0.6 is 0 Å². The van der Waals surface area contributed by atoms with E-state index in [4.69, 9.17) is 9.47 Å². The minimum absolute atomic E-state index is 0.0237. The third-order valence-electron chi connectivity index (χ3n) is 5.06. The maximum absolute atomic E-state index is 13.7. The predicted molar refractivity (Wildman–Crippen MR) is 103 cm³/mol. The van der Waals surface area contributed by atoms with Crippen molar-refractivity contribution in [2.45, 2.75) is 19.4 Å². The number of rotatable bonds is 7. The number of halogens is 1. The standard InChI is InChI=1S/C22H22FNO5/c1-14(15-6-4-3-5-7-15)24-12-17(11-21(24)26)22(27)29-13-19(25)16-8-9-20(28-2)18(23)10-16/h3-10,14,17H,11-13H2,1-2H3/t14-,17-/m0/s1. The molecule has 0 unspecified atom stereocenters. The van der Waals surface area contributed by atoms with Crippen LogP contribution in [0.4, 0.5) is 4.39 Å². The Morgan fingerprint density at radius 3 is 2.59 bits per heavy atom. The van der Waals surface area contributed by atoms with Gasteiger partial charge in [0.15, 0.2) is 24.0 Å². The third kappa shape index (κ3) is 4.62. The molecule has 1 aliphatic heterocycles. The minimum Gasteiger partial charge on any atom is -0.494 e. The molecule has 0 radical (unpaired) electrons. The van der Waals surface area contributed by atoms with E-state index < -0.39 is 30.1 Å². The van der Waals surface area contributed by atoms with Gasteiger partial charge in [-0.1, -0.05) is 30.3 Å². The molecule has 2 aromatic carbocycles. The maximum Gasteiger partial charge on any atom is 0.311 e. The SMILES string of the molecule is COc1ccc(C(=O)COC(=O)[C@H]2CC(=O)N([C@@H](C)c3ccccc3)C2)cc1F. The second-order valence-corrected chi connectivity index (χ2v) is 6.91. The van der Waals surface area contributed by atoms with Gasteiger partial charge in [-0.3, -0.25) is 14.4 Å². The Morgan fingerprint density at radius 1 is 1.21 bits per heavy atom. The molecule has 0 spiro atoms. The summed E-state index contributed by atoms with van der Waals surface area (Å²) in [6, 6.07) is 13.2. The van der Waals surface area contributed by atoms with Crippen LogP contribution in [0, 0.1) is 11.7 Å². The number of ketones is 1. The summed E-state index contributed by atoms with van der Waals surface area (Å²) in [6.07, 6.45) is 0.0430. The normalized spacial score (nSPS) is 17.1. The minimum atomic E-state index is -0.670. The van der Waals surface area contributed by atoms with E-state index in [-0.39, 0.29) is 36.2 Å². The molecule has 0 saturated carbocycles. The largest absolute Gasteiger partial charge is 0.494 e. The van der Waals surface area contributed by atoms with Crippen LogP contribution in [0.3, 0.4) is 0 Å². The Hall–Kier alpha value is -3.22. The Balaban J connectivity index is 1.57. The van der Waals surface area contributed by atoms with E-state index in [2.05, 4.69) is 0 Å². The van der Waals surface area contributed by atoms with Crippen molar-refractivity contribution in [3.8, 4) is 5.75 Å². The molecular formula is C22H22FNO5. The number of carbonyl (C=O) groups excluding carboxylic acids is 3. The van der Waals surface area contributed by atoms with E-state index in [9.17, 15) is 18.8 Å². The van der Waals surface area contributed by atoms with Crippen LogP contribution in [-0.2, 0) is 14.3 Å². The lowest BCUT2D eigenvalue weighted by Gasteiger charge is -2.25. The van der Waals surface area contributed by atoms with Gasteiger partial charge in [0, 0.05) is 18.5 Å².